The van der Waals surface area contributed by atoms with Crippen LogP contribution in [-0.4, -0.2) is 25.8 Å². The van der Waals surface area contributed by atoms with Gasteiger partial charge in [-0.3, -0.25) is 4.79 Å². The number of aryl methyl sites for hydroxylation is 2. The Kier molecular flexibility index (Phi) is 4.27. The molecule has 5 nitrogen and oxygen atoms in total. The second-order valence-electron chi connectivity index (χ2n) is 6.26. The van der Waals surface area contributed by atoms with Gasteiger partial charge in [-0.2, -0.15) is 4.68 Å². The third-order valence-electron chi connectivity index (χ3n) is 4.45. The SMILES string of the molecule is Cc1ccc(C(=O)CCc2ccccc2)cc1-n1nnc2cccnc21. The van der Waals surface area contributed by atoms with Crippen LogP contribution in [0.3, 0.4) is 0 Å². The van der Waals surface area contributed by atoms with Crippen molar-refractivity contribution in [3.63, 3.8) is 0 Å². The van der Waals surface area contributed by atoms with E-state index in [1.54, 1.807) is 10.9 Å². The molecular formula is C21H18N4O. The van der Waals surface area contributed by atoms with Gasteiger partial charge in [0.1, 0.15) is 5.52 Å². The molecule has 2 heterocycles. The number of hydrogen-bond acceptors (Lipinski definition) is 4. The largest absolute Gasteiger partial charge is 0.294 e. The van der Waals surface area contributed by atoms with Crippen LogP contribution in [0.1, 0.15) is 27.9 Å². The Morgan fingerprint density at radius 1 is 1.04 bits per heavy atom. The number of carbonyl (C=O) groups is 1. The summed E-state index contributed by atoms with van der Waals surface area (Å²) in [7, 11) is 0. The normalized spacial score (nSPS) is 11.0. The molecule has 0 aliphatic carbocycles. The predicted molar refractivity (Wildman–Crippen MR) is 100 cm³/mol. The molecule has 2 aromatic carbocycles. The van der Waals surface area contributed by atoms with Crippen molar-refractivity contribution >= 4 is 16.9 Å². The fraction of sp³-hybridized carbons (Fsp3) is 0.143. The molecule has 5 heteroatoms. The van der Waals surface area contributed by atoms with Gasteiger partial charge in [0.05, 0.1) is 5.69 Å². The van der Waals surface area contributed by atoms with Crippen LogP contribution >= 0.6 is 0 Å². The molecule has 0 aliphatic rings. The third-order valence-corrected chi connectivity index (χ3v) is 4.45. The van der Waals surface area contributed by atoms with E-state index >= 15 is 0 Å². The minimum atomic E-state index is 0.118. The molecule has 0 aliphatic heterocycles. The van der Waals surface area contributed by atoms with E-state index in [0.717, 1.165) is 23.2 Å². The van der Waals surface area contributed by atoms with Crippen LogP contribution in [0.5, 0.6) is 0 Å². The number of fused-ring (bicyclic) bond motifs is 1. The van der Waals surface area contributed by atoms with Crippen molar-refractivity contribution in [1.82, 2.24) is 20.0 Å². The average molecular weight is 342 g/mol. The van der Waals surface area contributed by atoms with Gasteiger partial charge >= 0.3 is 0 Å². The summed E-state index contributed by atoms with van der Waals surface area (Å²) in [5.41, 5.74) is 5.11. The zero-order valence-electron chi connectivity index (χ0n) is 14.5. The Balaban J connectivity index is 1.63. The van der Waals surface area contributed by atoms with Gasteiger partial charge in [0, 0.05) is 18.2 Å². The first-order chi connectivity index (χ1) is 12.7. The first-order valence-electron chi connectivity index (χ1n) is 8.57. The summed E-state index contributed by atoms with van der Waals surface area (Å²) in [5.74, 6) is 0.118. The molecule has 26 heavy (non-hydrogen) atoms. The number of Topliss-reactive ketones (excluding diaryl/α,β-unsaturated/α-hetero) is 1. The number of pyridine rings is 1. The highest BCUT2D eigenvalue weighted by Crippen LogP contribution is 2.20. The number of nitrogens with zero attached hydrogens (tertiary/aromatic N) is 4. The Bertz CT molecular complexity index is 1070. The van der Waals surface area contributed by atoms with Crippen LogP contribution in [0.15, 0.2) is 66.9 Å². The molecule has 0 spiro atoms. The Labute approximate surface area is 151 Å². The second kappa shape index (κ2) is 6.88. The van der Waals surface area contributed by atoms with Crippen LogP contribution in [-0.2, 0) is 6.42 Å². The summed E-state index contributed by atoms with van der Waals surface area (Å²) in [4.78, 5) is 17.0. The zero-order chi connectivity index (χ0) is 17.9. The van der Waals surface area contributed by atoms with Gasteiger partial charge in [0.25, 0.3) is 0 Å². The van der Waals surface area contributed by atoms with Gasteiger partial charge in [-0.05, 0) is 42.7 Å². The van der Waals surface area contributed by atoms with E-state index in [4.69, 9.17) is 0 Å². The maximum Gasteiger partial charge on any atom is 0.183 e. The van der Waals surface area contributed by atoms with Crippen molar-refractivity contribution in [2.45, 2.75) is 19.8 Å². The van der Waals surface area contributed by atoms with E-state index in [-0.39, 0.29) is 5.78 Å². The highest BCUT2D eigenvalue weighted by Gasteiger charge is 2.13. The fourth-order valence-corrected chi connectivity index (χ4v) is 2.99. The smallest absolute Gasteiger partial charge is 0.183 e. The van der Waals surface area contributed by atoms with E-state index in [2.05, 4.69) is 15.3 Å². The summed E-state index contributed by atoms with van der Waals surface area (Å²) >= 11 is 0. The van der Waals surface area contributed by atoms with Crippen molar-refractivity contribution < 1.29 is 4.79 Å². The highest BCUT2D eigenvalue weighted by atomic mass is 16.1. The number of aromatic nitrogens is 4. The number of hydrogen-bond donors (Lipinski definition) is 0. The summed E-state index contributed by atoms with van der Waals surface area (Å²) in [5, 5.41) is 8.37. The molecule has 4 rings (SSSR count). The van der Waals surface area contributed by atoms with Gasteiger partial charge in [-0.1, -0.05) is 47.7 Å². The van der Waals surface area contributed by atoms with Gasteiger partial charge in [0.15, 0.2) is 11.4 Å². The molecule has 0 atom stereocenters. The lowest BCUT2D eigenvalue weighted by molar-refractivity contribution is 0.0983. The van der Waals surface area contributed by atoms with Gasteiger partial charge in [0.2, 0.25) is 0 Å². The molecule has 0 saturated carbocycles. The van der Waals surface area contributed by atoms with E-state index < -0.39 is 0 Å². The number of benzene rings is 2. The van der Waals surface area contributed by atoms with Crippen molar-refractivity contribution in [3.8, 4) is 5.69 Å². The molecule has 0 bridgehead atoms. The molecule has 0 amide bonds. The molecule has 0 N–H and O–H groups in total. The molecule has 0 fully saturated rings. The molecule has 4 aromatic rings. The Hall–Kier alpha value is -3.34. The third kappa shape index (κ3) is 3.11. The molecule has 0 radical (unpaired) electrons. The van der Waals surface area contributed by atoms with E-state index in [1.165, 1.54) is 5.56 Å². The minimum absolute atomic E-state index is 0.118. The molecule has 0 saturated heterocycles. The van der Waals surface area contributed by atoms with Gasteiger partial charge < -0.3 is 0 Å². The topological polar surface area (TPSA) is 60.7 Å². The summed E-state index contributed by atoms with van der Waals surface area (Å²) in [6, 6.07) is 19.5. The van der Waals surface area contributed by atoms with Crippen LogP contribution < -0.4 is 0 Å². The maximum atomic E-state index is 12.7. The van der Waals surface area contributed by atoms with Gasteiger partial charge in [-0.15, -0.1) is 5.10 Å². The highest BCUT2D eigenvalue weighted by molar-refractivity contribution is 5.97. The molecule has 0 unspecified atom stereocenters. The van der Waals surface area contributed by atoms with Crippen LogP contribution in [0.4, 0.5) is 0 Å². The Morgan fingerprint density at radius 2 is 1.88 bits per heavy atom. The maximum absolute atomic E-state index is 12.7. The van der Waals surface area contributed by atoms with Crippen molar-refractivity contribution in [3.05, 3.63) is 83.6 Å². The number of ketones is 1. The van der Waals surface area contributed by atoms with Crippen LogP contribution in [0.25, 0.3) is 16.9 Å². The van der Waals surface area contributed by atoms with Crippen molar-refractivity contribution in [2.24, 2.45) is 0 Å². The fourth-order valence-electron chi connectivity index (χ4n) is 2.99. The standard InChI is InChI=1S/C21H18N4O/c1-15-9-11-17(20(26)12-10-16-6-3-2-4-7-16)14-19(15)25-21-18(23-24-25)8-5-13-22-21/h2-9,11,13-14H,10,12H2,1H3. The van der Waals surface area contributed by atoms with E-state index in [0.29, 0.717) is 17.6 Å². The lowest BCUT2D eigenvalue weighted by atomic mass is 10.0. The number of carbonyl (C=O) groups excluding carboxylic acids is 1. The van der Waals surface area contributed by atoms with Crippen LogP contribution in [0.2, 0.25) is 0 Å². The summed E-state index contributed by atoms with van der Waals surface area (Å²) in [6.45, 7) is 1.99. The first-order valence-corrected chi connectivity index (χ1v) is 8.57. The summed E-state index contributed by atoms with van der Waals surface area (Å²) in [6.07, 6.45) is 2.92. The van der Waals surface area contributed by atoms with Crippen molar-refractivity contribution in [1.29, 1.82) is 0 Å². The number of rotatable bonds is 5. The van der Waals surface area contributed by atoms with Crippen LogP contribution in [0, 0.1) is 6.92 Å². The average Bonchev–Trinajstić information content (AvgIpc) is 3.11. The molecule has 2 aromatic heterocycles. The monoisotopic (exact) mass is 342 g/mol. The predicted octanol–water partition coefficient (Wildman–Crippen LogP) is 3.94. The van der Waals surface area contributed by atoms with E-state index in [1.807, 2.05) is 67.6 Å². The summed E-state index contributed by atoms with van der Waals surface area (Å²) < 4.78 is 1.69. The molecule has 128 valence electrons. The van der Waals surface area contributed by atoms with Gasteiger partial charge in [-0.25, -0.2) is 4.98 Å². The Morgan fingerprint density at radius 3 is 2.73 bits per heavy atom. The lowest BCUT2D eigenvalue weighted by Gasteiger charge is -2.09. The lowest BCUT2D eigenvalue weighted by Crippen LogP contribution is -2.06. The van der Waals surface area contributed by atoms with Crippen molar-refractivity contribution in [2.75, 3.05) is 0 Å². The van der Waals surface area contributed by atoms with E-state index in [9.17, 15) is 4.79 Å². The zero-order valence-corrected chi connectivity index (χ0v) is 14.5. The first kappa shape index (κ1) is 16.1. The molecular weight excluding hydrogens is 324 g/mol. The second-order valence-corrected chi connectivity index (χ2v) is 6.26. The quantitative estimate of drug-likeness (QED) is 0.515. The minimum Gasteiger partial charge on any atom is -0.294 e.